The fourth-order valence-corrected chi connectivity index (χ4v) is 3.95. The fraction of sp³-hybridized carbons (Fsp3) is 0.348. The predicted molar refractivity (Wildman–Crippen MR) is 118 cm³/mol. The number of ether oxygens (including phenoxy) is 1. The molecule has 0 unspecified atom stereocenters. The Balaban J connectivity index is 1.82. The number of likely N-dealkylation sites (tertiary alicyclic amines) is 1. The minimum Gasteiger partial charge on any atom is -0.507 e. The second kappa shape index (κ2) is 9.66. The van der Waals surface area contributed by atoms with Crippen molar-refractivity contribution in [3.8, 4) is 11.5 Å². The molecule has 1 aliphatic heterocycles. The summed E-state index contributed by atoms with van der Waals surface area (Å²) in [5.74, 6) is 0.928. The number of carbonyl (C=O) groups excluding carboxylic acids is 1. The number of ketones is 1. The molecule has 1 heterocycles. The number of aromatic hydroxyl groups is 1. The molecule has 0 saturated carbocycles. The lowest BCUT2D eigenvalue weighted by Crippen LogP contribution is -2.32. The SMILES string of the molecule is COc1cc(O)c(C(=O)/C=C/c2ccc(Cl)cc2Cl)cc1CN1CCC(C)CC1. The molecule has 6 heteroatoms. The number of phenols is 1. The number of rotatable bonds is 6. The smallest absolute Gasteiger partial charge is 0.189 e. The molecule has 2 aromatic carbocycles. The Labute approximate surface area is 181 Å². The largest absolute Gasteiger partial charge is 0.507 e. The van der Waals surface area contributed by atoms with E-state index in [-0.39, 0.29) is 17.1 Å². The monoisotopic (exact) mass is 433 g/mol. The molecule has 0 aliphatic carbocycles. The lowest BCUT2D eigenvalue weighted by Gasteiger charge is -2.30. The Morgan fingerprint density at radius 1 is 1.24 bits per heavy atom. The zero-order valence-electron chi connectivity index (χ0n) is 16.6. The Morgan fingerprint density at radius 2 is 1.97 bits per heavy atom. The van der Waals surface area contributed by atoms with Crippen molar-refractivity contribution in [2.24, 2.45) is 5.92 Å². The standard InChI is InChI=1S/C23H25Cl2NO3/c1-15-7-9-26(10-8-15)14-17-11-19(22(28)13-23(17)29-2)21(27)6-4-16-3-5-18(24)12-20(16)25/h3-6,11-13,15,28H,7-10,14H2,1-2H3/b6-4+. The van der Waals surface area contributed by atoms with Crippen LogP contribution in [0.25, 0.3) is 6.08 Å². The van der Waals surface area contributed by atoms with E-state index < -0.39 is 0 Å². The lowest BCUT2D eigenvalue weighted by molar-refractivity contribution is 0.104. The molecule has 1 saturated heterocycles. The van der Waals surface area contributed by atoms with Gasteiger partial charge in [0.1, 0.15) is 11.5 Å². The van der Waals surface area contributed by atoms with Crippen molar-refractivity contribution in [1.29, 1.82) is 0 Å². The average Bonchev–Trinajstić information content (AvgIpc) is 2.69. The van der Waals surface area contributed by atoms with Gasteiger partial charge in [-0.15, -0.1) is 0 Å². The van der Waals surface area contributed by atoms with Crippen molar-refractivity contribution in [3.63, 3.8) is 0 Å². The highest BCUT2D eigenvalue weighted by Gasteiger charge is 2.20. The Morgan fingerprint density at radius 3 is 2.62 bits per heavy atom. The zero-order chi connectivity index (χ0) is 21.0. The van der Waals surface area contributed by atoms with E-state index in [0.717, 1.165) is 37.4 Å². The molecule has 1 N–H and O–H groups in total. The van der Waals surface area contributed by atoms with Crippen LogP contribution in [0.5, 0.6) is 11.5 Å². The maximum Gasteiger partial charge on any atom is 0.189 e. The van der Waals surface area contributed by atoms with Crippen molar-refractivity contribution in [3.05, 3.63) is 63.1 Å². The predicted octanol–water partition coefficient (Wildman–Crippen LogP) is 5.84. The summed E-state index contributed by atoms with van der Waals surface area (Å²) in [6.07, 6.45) is 5.35. The molecule has 154 valence electrons. The van der Waals surface area contributed by atoms with E-state index in [0.29, 0.717) is 27.9 Å². The van der Waals surface area contributed by atoms with Crippen LogP contribution in [0.2, 0.25) is 10.0 Å². The first kappa shape index (κ1) is 21.7. The van der Waals surface area contributed by atoms with Gasteiger partial charge in [-0.25, -0.2) is 0 Å². The summed E-state index contributed by atoms with van der Waals surface area (Å²) < 4.78 is 5.43. The van der Waals surface area contributed by atoms with Crippen LogP contribution in [-0.2, 0) is 6.54 Å². The van der Waals surface area contributed by atoms with Crippen LogP contribution in [0, 0.1) is 5.92 Å². The van der Waals surface area contributed by atoms with Gasteiger partial charge in [0, 0.05) is 28.2 Å². The molecular weight excluding hydrogens is 409 g/mol. The van der Waals surface area contributed by atoms with Gasteiger partial charge in [0.05, 0.1) is 12.7 Å². The van der Waals surface area contributed by atoms with Crippen molar-refractivity contribution >= 4 is 35.1 Å². The number of nitrogens with zero attached hydrogens (tertiary/aromatic N) is 1. The molecule has 0 amide bonds. The van der Waals surface area contributed by atoms with Crippen LogP contribution < -0.4 is 4.74 Å². The summed E-state index contributed by atoms with van der Waals surface area (Å²) in [5, 5.41) is 11.3. The highest BCUT2D eigenvalue weighted by molar-refractivity contribution is 6.35. The normalized spacial score (nSPS) is 15.7. The minimum atomic E-state index is -0.301. The highest BCUT2D eigenvalue weighted by Crippen LogP contribution is 2.31. The second-order valence-electron chi connectivity index (χ2n) is 7.50. The maximum atomic E-state index is 12.7. The third kappa shape index (κ3) is 5.53. The van der Waals surface area contributed by atoms with Gasteiger partial charge >= 0.3 is 0 Å². The number of carbonyl (C=O) groups is 1. The lowest BCUT2D eigenvalue weighted by atomic mass is 9.98. The van der Waals surface area contributed by atoms with Crippen LogP contribution in [0.1, 0.15) is 41.3 Å². The quantitative estimate of drug-likeness (QED) is 0.459. The minimum absolute atomic E-state index is 0.102. The van der Waals surface area contributed by atoms with E-state index in [1.165, 1.54) is 12.1 Å². The van der Waals surface area contributed by atoms with Gasteiger partial charge in [0.15, 0.2) is 5.78 Å². The first-order valence-corrected chi connectivity index (χ1v) is 10.4. The molecule has 0 radical (unpaired) electrons. The van der Waals surface area contributed by atoms with Gasteiger partial charge in [-0.3, -0.25) is 9.69 Å². The van der Waals surface area contributed by atoms with E-state index >= 15 is 0 Å². The Kier molecular flexibility index (Phi) is 7.23. The van der Waals surface area contributed by atoms with Crippen LogP contribution >= 0.6 is 23.2 Å². The molecular formula is C23H25Cl2NO3. The maximum absolute atomic E-state index is 12.7. The molecule has 1 fully saturated rings. The molecule has 4 nitrogen and oxygen atoms in total. The molecule has 1 aliphatic rings. The summed E-state index contributed by atoms with van der Waals surface area (Å²) in [4.78, 5) is 15.1. The number of hydrogen-bond acceptors (Lipinski definition) is 4. The van der Waals surface area contributed by atoms with E-state index in [1.807, 2.05) is 0 Å². The first-order chi connectivity index (χ1) is 13.9. The third-order valence-electron chi connectivity index (χ3n) is 5.31. The van der Waals surface area contributed by atoms with Gasteiger partial charge in [0.2, 0.25) is 0 Å². The van der Waals surface area contributed by atoms with Crippen LogP contribution in [-0.4, -0.2) is 36.0 Å². The highest BCUT2D eigenvalue weighted by atomic mass is 35.5. The van der Waals surface area contributed by atoms with Crippen LogP contribution in [0.3, 0.4) is 0 Å². The summed E-state index contributed by atoms with van der Waals surface area (Å²) in [5.41, 5.74) is 1.81. The average molecular weight is 434 g/mol. The molecule has 29 heavy (non-hydrogen) atoms. The number of methoxy groups -OCH3 is 1. The van der Waals surface area contributed by atoms with Crippen molar-refractivity contribution < 1.29 is 14.6 Å². The van der Waals surface area contributed by atoms with E-state index in [2.05, 4.69) is 11.8 Å². The van der Waals surface area contributed by atoms with Gasteiger partial charge in [0.25, 0.3) is 0 Å². The third-order valence-corrected chi connectivity index (χ3v) is 5.87. The van der Waals surface area contributed by atoms with Crippen molar-refractivity contribution in [2.45, 2.75) is 26.3 Å². The van der Waals surface area contributed by atoms with Crippen molar-refractivity contribution in [2.75, 3.05) is 20.2 Å². The van der Waals surface area contributed by atoms with Gasteiger partial charge in [-0.05, 0) is 67.8 Å². The van der Waals surface area contributed by atoms with E-state index in [4.69, 9.17) is 27.9 Å². The number of phenolic OH excluding ortho intramolecular Hbond substituents is 1. The topological polar surface area (TPSA) is 49.8 Å². The summed E-state index contributed by atoms with van der Waals surface area (Å²) in [6.45, 7) is 4.99. The van der Waals surface area contributed by atoms with Crippen molar-refractivity contribution in [1.82, 2.24) is 4.90 Å². The van der Waals surface area contributed by atoms with Gasteiger partial charge in [-0.2, -0.15) is 0 Å². The second-order valence-corrected chi connectivity index (χ2v) is 8.35. The number of allylic oxidation sites excluding steroid dienone is 1. The van der Waals surface area contributed by atoms with Crippen LogP contribution in [0.4, 0.5) is 0 Å². The molecule has 0 spiro atoms. The van der Waals surface area contributed by atoms with E-state index in [1.54, 1.807) is 37.5 Å². The Hall–Kier alpha value is -2.01. The summed E-state index contributed by atoms with van der Waals surface area (Å²) >= 11 is 12.1. The number of hydrogen-bond donors (Lipinski definition) is 1. The number of piperidine rings is 1. The number of benzene rings is 2. The molecule has 3 rings (SSSR count). The fourth-order valence-electron chi connectivity index (χ4n) is 3.48. The van der Waals surface area contributed by atoms with Gasteiger partial charge < -0.3 is 9.84 Å². The number of halogens is 2. The summed E-state index contributed by atoms with van der Waals surface area (Å²) in [7, 11) is 1.57. The zero-order valence-corrected chi connectivity index (χ0v) is 18.1. The molecule has 0 atom stereocenters. The van der Waals surface area contributed by atoms with Gasteiger partial charge in [-0.1, -0.05) is 36.2 Å². The molecule has 0 bridgehead atoms. The Bertz CT molecular complexity index is 919. The van der Waals surface area contributed by atoms with Crippen LogP contribution in [0.15, 0.2) is 36.4 Å². The first-order valence-electron chi connectivity index (χ1n) is 9.67. The van der Waals surface area contributed by atoms with E-state index in [9.17, 15) is 9.90 Å². The summed E-state index contributed by atoms with van der Waals surface area (Å²) in [6, 6.07) is 8.31. The molecule has 0 aromatic heterocycles. The molecule has 2 aromatic rings.